The summed E-state index contributed by atoms with van der Waals surface area (Å²) < 4.78 is 0. The summed E-state index contributed by atoms with van der Waals surface area (Å²) in [6.07, 6.45) is 3.27. The lowest BCUT2D eigenvalue weighted by Gasteiger charge is -1.96. The van der Waals surface area contributed by atoms with E-state index in [-0.39, 0.29) is 0 Å². The van der Waals surface area contributed by atoms with Gasteiger partial charge in [0.05, 0.1) is 11.9 Å². The number of aromatic nitrogens is 1. The van der Waals surface area contributed by atoms with Gasteiger partial charge >= 0.3 is 0 Å². The Hall–Kier alpha value is -0.760. The highest BCUT2D eigenvalue weighted by Gasteiger charge is 1.92. The summed E-state index contributed by atoms with van der Waals surface area (Å²) in [5.41, 5.74) is 7.08. The normalized spacial score (nSPS) is 9.44. The van der Waals surface area contributed by atoms with E-state index in [4.69, 9.17) is 17.3 Å². The molecule has 0 unspecified atom stereocenters. The molecule has 0 atom stereocenters. The van der Waals surface area contributed by atoms with Crippen LogP contribution < -0.4 is 5.73 Å². The van der Waals surface area contributed by atoms with Gasteiger partial charge in [0.25, 0.3) is 0 Å². The summed E-state index contributed by atoms with van der Waals surface area (Å²) >= 11 is 5.52. The lowest BCUT2D eigenvalue weighted by atomic mass is 10.3. The Balaban J connectivity index is 3.01. The molecule has 0 saturated heterocycles. The molecule has 0 aliphatic heterocycles. The molecule has 1 aromatic rings. The van der Waals surface area contributed by atoms with Crippen LogP contribution in [0.15, 0.2) is 18.5 Å². The second kappa shape index (κ2) is 2.69. The fourth-order valence-electron chi connectivity index (χ4n) is 0.557. The van der Waals surface area contributed by atoms with Gasteiger partial charge in [-0.1, -0.05) is 0 Å². The van der Waals surface area contributed by atoms with Crippen LogP contribution in [0.5, 0.6) is 0 Å². The number of hydrogen-bond donors (Lipinski definition) is 1. The number of alkyl halides is 1. The number of hydrogen-bond acceptors (Lipinski definition) is 2. The van der Waals surface area contributed by atoms with Crippen LogP contribution in [-0.4, -0.2) is 4.98 Å². The van der Waals surface area contributed by atoms with Crippen LogP contribution in [0.2, 0.25) is 0 Å². The highest BCUT2D eigenvalue weighted by Crippen LogP contribution is 2.10. The monoisotopic (exact) mass is 142 g/mol. The van der Waals surface area contributed by atoms with E-state index in [1.807, 2.05) is 6.07 Å². The first-order valence-electron chi connectivity index (χ1n) is 2.59. The van der Waals surface area contributed by atoms with Crippen LogP contribution >= 0.6 is 11.6 Å². The second-order valence-electron chi connectivity index (χ2n) is 1.71. The van der Waals surface area contributed by atoms with Gasteiger partial charge in [0, 0.05) is 12.1 Å². The second-order valence-corrected chi connectivity index (χ2v) is 1.98. The summed E-state index contributed by atoms with van der Waals surface area (Å²) in [6, 6.07) is 1.81. The molecule has 1 heterocycles. The largest absolute Gasteiger partial charge is 0.397 e. The predicted molar refractivity (Wildman–Crippen MR) is 38.2 cm³/mol. The van der Waals surface area contributed by atoms with E-state index in [2.05, 4.69) is 4.98 Å². The lowest BCUT2D eigenvalue weighted by molar-refractivity contribution is 1.27. The van der Waals surface area contributed by atoms with Crippen molar-refractivity contribution in [3.63, 3.8) is 0 Å². The molecule has 2 N–H and O–H groups in total. The molecule has 0 amide bonds. The van der Waals surface area contributed by atoms with Crippen molar-refractivity contribution in [3.05, 3.63) is 24.0 Å². The molecule has 0 aromatic carbocycles. The highest BCUT2D eigenvalue weighted by molar-refractivity contribution is 6.17. The van der Waals surface area contributed by atoms with Crippen molar-refractivity contribution in [2.24, 2.45) is 0 Å². The molecule has 0 bridgehead atoms. The summed E-state index contributed by atoms with van der Waals surface area (Å²) in [5, 5.41) is 0. The molecule has 0 saturated carbocycles. The van der Waals surface area contributed by atoms with E-state index < -0.39 is 0 Å². The Morgan fingerprint density at radius 3 is 2.89 bits per heavy atom. The Bertz CT molecular complexity index is 200. The third kappa shape index (κ3) is 1.33. The quantitative estimate of drug-likeness (QED) is 0.602. The van der Waals surface area contributed by atoms with Crippen molar-refractivity contribution < 1.29 is 0 Å². The zero-order valence-electron chi connectivity index (χ0n) is 4.84. The van der Waals surface area contributed by atoms with E-state index in [1.54, 1.807) is 12.4 Å². The average molecular weight is 143 g/mol. The molecule has 0 aliphatic rings. The van der Waals surface area contributed by atoms with E-state index in [1.165, 1.54) is 0 Å². The van der Waals surface area contributed by atoms with E-state index in [0.29, 0.717) is 11.6 Å². The maximum absolute atomic E-state index is 5.52. The summed E-state index contributed by atoms with van der Waals surface area (Å²) in [4.78, 5) is 3.81. The van der Waals surface area contributed by atoms with Gasteiger partial charge in [-0.3, -0.25) is 4.98 Å². The van der Waals surface area contributed by atoms with E-state index in [9.17, 15) is 0 Å². The molecule has 3 heteroatoms. The summed E-state index contributed by atoms with van der Waals surface area (Å²) in [5.74, 6) is 0.453. The number of rotatable bonds is 1. The number of pyridine rings is 1. The molecule has 1 aromatic heterocycles. The summed E-state index contributed by atoms with van der Waals surface area (Å²) in [7, 11) is 0. The van der Waals surface area contributed by atoms with Gasteiger partial charge < -0.3 is 5.73 Å². The predicted octanol–water partition coefficient (Wildman–Crippen LogP) is 1.40. The Labute approximate surface area is 58.7 Å². The molecule has 1 rings (SSSR count). The van der Waals surface area contributed by atoms with Gasteiger partial charge in [-0.2, -0.15) is 0 Å². The Kier molecular flexibility index (Phi) is 1.90. The molecule has 48 valence electrons. The maximum atomic E-state index is 5.52. The molecule has 9 heavy (non-hydrogen) atoms. The molecule has 0 radical (unpaired) electrons. The van der Waals surface area contributed by atoms with Gasteiger partial charge in [0.15, 0.2) is 0 Å². The van der Waals surface area contributed by atoms with E-state index in [0.717, 1.165) is 5.56 Å². The van der Waals surface area contributed by atoms with Crippen LogP contribution in [0, 0.1) is 0 Å². The molecule has 0 spiro atoms. The molecule has 0 aliphatic carbocycles. The van der Waals surface area contributed by atoms with Crippen molar-refractivity contribution in [2.45, 2.75) is 5.88 Å². The van der Waals surface area contributed by atoms with Gasteiger partial charge in [0.2, 0.25) is 0 Å². The highest BCUT2D eigenvalue weighted by atomic mass is 35.5. The zero-order chi connectivity index (χ0) is 6.69. The van der Waals surface area contributed by atoms with Crippen LogP contribution in [-0.2, 0) is 5.88 Å². The lowest BCUT2D eigenvalue weighted by Crippen LogP contribution is -1.91. The van der Waals surface area contributed by atoms with Gasteiger partial charge in [0.1, 0.15) is 0 Å². The number of nitrogens with two attached hydrogens (primary N) is 1. The fraction of sp³-hybridized carbons (Fsp3) is 0.167. The van der Waals surface area contributed by atoms with Crippen molar-refractivity contribution in [1.82, 2.24) is 4.98 Å². The minimum atomic E-state index is 0.453. The van der Waals surface area contributed by atoms with Crippen molar-refractivity contribution in [2.75, 3.05) is 5.73 Å². The Morgan fingerprint density at radius 1 is 1.67 bits per heavy atom. The third-order valence-electron chi connectivity index (χ3n) is 1.09. The van der Waals surface area contributed by atoms with Crippen molar-refractivity contribution >= 4 is 17.3 Å². The first kappa shape index (κ1) is 6.36. The van der Waals surface area contributed by atoms with Crippen LogP contribution in [0.1, 0.15) is 5.56 Å². The molecule has 0 fully saturated rings. The first-order valence-corrected chi connectivity index (χ1v) is 3.12. The van der Waals surface area contributed by atoms with Crippen molar-refractivity contribution in [1.29, 1.82) is 0 Å². The van der Waals surface area contributed by atoms with Gasteiger partial charge in [-0.25, -0.2) is 0 Å². The third-order valence-corrected chi connectivity index (χ3v) is 1.38. The number of anilines is 1. The van der Waals surface area contributed by atoms with Crippen LogP contribution in [0.4, 0.5) is 5.69 Å². The first-order chi connectivity index (χ1) is 4.34. The molecule has 2 nitrogen and oxygen atoms in total. The minimum absolute atomic E-state index is 0.453. The number of nitrogen functional groups attached to an aromatic ring is 1. The molecular weight excluding hydrogens is 136 g/mol. The maximum Gasteiger partial charge on any atom is 0.0545 e. The number of halogens is 1. The van der Waals surface area contributed by atoms with Crippen LogP contribution in [0.25, 0.3) is 0 Å². The van der Waals surface area contributed by atoms with Crippen molar-refractivity contribution in [3.8, 4) is 0 Å². The minimum Gasteiger partial charge on any atom is -0.397 e. The fourth-order valence-corrected chi connectivity index (χ4v) is 0.801. The molecular formula is C6H7ClN2. The van der Waals surface area contributed by atoms with E-state index >= 15 is 0 Å². The average Bonchev–Trinajstić information content (AvgIpc) is 1.89. The van der Waals surface area contributed by atoms with Gasteiger partial charge in [-0.15, -0.1) is 11.6 Å². The smallest absolute Gasteiger partial charge is 0.0545 e. The topological polar surface area (TPSA) is 38.9 Å². The zero-order valence-corrected chi connectivity index (χ0v) is 5.60. The summed E-state index contributed by atoms with van der Waals surface area (Å²) in [6.45, 7) is 0. The van der Waals surface area contributed by atoms with Gasteiger partial charge in [-0.05, 0) is 11.6 Å². The standard InChI is InChI=1S/C6H7ClN2/c7-3-5-1-2-9-4-6(5)8/h1-2,4H,3,8H2. The van der Waals surface area contributed by atoms with Crippen LogP contribution in [0.3, 0.4) is 0 Å². The SMILES string of the molecule is Nc1cnccc1CCl. The Morgan fingerprint density at radius 2 is 2.44 bits per heavy atom. The number of nitrogens with zero attached hydrogens (tertiary/aromatic N) is 1.